The fourth-order valence-electron chi connectivity index (χ4n) is 2.60. The predicted octanol–water partition coefficient (Wildman–Crippen LogP) is 3.08. The van der Waals surface area contributed by atoms with Gasteiger partial charge in [-0.2, -0.15) is 0 Å². The Kier molecular flexibility index (Phi) is 19.1. The van der Waals surface area contributed by atoms with E-state index >= 15 is 0 Å². The van der Waals surface area contributed by atoms with Gasteiger partial charge in [0.25, 0.3) is 0 Å². The standard InChI is InChI=1S/C18H40NO2.CH4O4S/c1-5-6-7-8-9-10-11-12-13-14-15-21-17-18(20)16-19(2,3)4;1-5-6(2,3)4/h18,20H,5-17H2,1-4H3;1H3,(H,2,3,4)/q+1;/p-1. The summed E-state index contributed by atoms with van der Waals surface area (Å²) in [5.74, 6) is 0. The fourth-order valence-corrected chi connectivity index (χ4v) is 2.60. The summed E-state index contributed by atoms with van der Waals surface area (Å²) in [6.45, 7) is 4.29. The molecule has 1 N–H and O–H groups in total. The largest absolute Gasteiger partial charge is 0.726 e. The van der Waals surface area contributed by atoms with Crippen molar-refractivity contribution in [2.24, 2.45) is 0 Å². The van der Waals surface area contributed by atoms with Crippen LogP contribution < -0.4 is 0 Å². The molecule has 0 saturated carbocycles. The van der Waals surface area contributed by atoms with E-state index in [4.69, 9.17) is 4.74 Å². The molecule has 7 nitrogen and oxygen atoms in total. The van der Waals surface area contributed by atoms with Gasteiger partial charge in [-0.1, -0.05) is 64.7 Å². The molecule has 0 amide bonds. The number of nitrogens with zero attached hydrogens (tertiary/aromatic N) is 1. The lowest BCUT2D eigenvalue weighted by Crippen LogP contribution is -2.43. The van der Waals surface area contributed by atoms with Crippen LogP contribution in [0.1, 0.15) is 71.1 Å². The van der Waals surface area contributed by atoms with Crippen LogP contribution in [0.25, 0.3) is 0 Å². The number of likely N-dealkylation sites (N-methyl/N-ethyl adjacent to an activating group) is 1. The van der Waals surface area contributed by atoms with E-state index in [1.165, 1.54) is 57.8 Å². The highest BCUT2D eigenvalue weighted by molar-refractivity contribution is 7.80. The zero-order valence-electron chi connectivity index (χ0n) is 18.1. The van der Waals surface area contributed by atoms with E-state index in [-0.39, 0.29) is 6.10 Å². The number of ether oxygens (including phenoxy) is 1. The van der Waals surface area contributed by atoms with Crippen molar-refractivity contribution < 1.29 is 31.5 Å². The first-order valence-electron chi connectivity index (χ1n) is 10.1. The quantitative estimate of drug-likeness (QED) is 0.181. The van der Waals surface area contributed by atoms with Gasteiger partial charge in [0.1, 0.15) is 12.6 Å². The lowest BCUT2D eigenvalue weighted by Gasteiger charge is -2.26. The van der Waals surface area contributed by atoms with Gasteiger partial charge in [-0.15, -0.1) is 0 Å². The number of hydrogen-bond acceptors (Lipinski definition) is 6. The lowest BCUT2D eigenvalue weighted by atomic mass is 10.1. The third-order valence-corrected chi connectivity index (χ3v) is 4.32. The second-order valence-corrected chi connectivity index (χ2v) is 9.11. The molecule has 8 heteroatoms. The van der Waals surface area contributed by atoms with Crippen LogP contribution in [0.2, 0.25) is 0 Å². The molecule has 0 aliphatic rings. The molecule has 0 aromatic carbocycles. The first-order valence-corrected chi connectivity index (χ1v) is 11.4. The van der Waals surface area contributed by atoms with Gasteiger partial charge in [0, 0.05) is 6.61 Å². The van der Waals surface area contributed by atoms with E-state index < -0.39 is 10.4 Å². The average Bonchev–Trinajstić information content (AvgIpc) is 2.54. The van der Waals surface area contributed by atoms with E-state index in [2.05, 4.69) is 32.2 Å². The molecule has 0 aliphatic carbocycles. The van der Waals surface area contributed by atoms with Crippen LogP contribution in [0, 0.1) is 0 Å². The van der Waals surface area contributed by atoms with Gasteiger partial charge in [-0.05, 0) is 6.42 Å². The summed E-state index contributed by atoms with van der Waals surface area (Å²) in [6.07, 6.45) is 13.1. The van der Waals surface area contributed by atoms with Gasteiger partial charge >= 0.3 is 0 Å². The van der Waals surface area contributed by atoms with Crippen molar-refractivity contribution in [2.75, 3.05) is 48.0 Å². The molecule has 0 aromatic heterocycles. The highest BCUT2D eigenvalue weighted by Gasteiger charge is 2.15. The molecule has 0 aliphatic heterocycles. The Bertz CT molecular complexity index is 409. The molecule has 1 unspecified atom stereocenters. The SMILES string of the molecule is CCCCCCCCCCCCOCC(O)C[N+](C)(C)C.COS(=O)(=O)[O-]. The van der Waals surface area contributed by atoms with Crippen LogP contribution in [0.5, 0.6) is 0 Å². The number of hydrogen-bond donors (Lipinski definition) is 1. The van der Waals surface area contributed by atoms with E-state index in [9.17, 15) is 18.1 Å². The molecule has 0 spiro atoms. The number of rotatable bonds is 16. The Labute approximate surface area is 167 Å². The molecule has 0 rings (SSSR count). The Morgan fingerprint density at radius 1 is 0.926 bits per heavy atom. The van der Waals surface area contributed by atoms with Crippen LogP contribution in [0.3, 0.4) is 0 Å². The summed E-state index contributed by atoms with van der Waals surface area (Å²) in [5, 5.41) is 9.81. The highest BCUT2D eigenvalue weighted by atomic mass is 32.3. The van der Waals surface area contributed by atoms with Crippen molar-refractivity contribution in [1.29, 1.82) is 0 Å². The van der Waals surface area contributed by atoms with Gasteiger partial charge in [0.15, 0.2) is 0 Å². The lowest BCUT2D eigenvalue weighted by molar-refractivity contribution is -0.873. The number of quaternary nitrogens is 1. The highest BCUT2D eigenvalue weighted by Crippen LogP contribution is 2.10. The first kappa shape index (κ1) is 29.0. The van der Waals surface area contributed by atoms with Crippen LogP contribution in [0.15, 0.2) is 0 Å². The molecule has 0 fully saturated rings. The molecular weight excluding hydrogens is 370 g/mol. The Hall–Kier alpha value is -0.250. The summed E-state index contributed by atoms with van der Waals surface area (Å²) in [6, 6.07) is 0. The Balaban J connectivity index is 0. The van der Waals surface area contributed by atoms with E-state index in [1.807, 2.05) is 0 Å². The number of aliphatic hydroxyl groups is 1. The smallest absolute Gasteiger partial charge is 0.217 e. The molecule has 0 bridgehead atoms. The Morgan fingerprint density at radius 2 is 1.33 bits per heavy atom. The molecule has 0 radical (unpaired) electrons. The molecule has 0 heterocycles. The zero-order chi connectivity index (χ0) is 21.2. The van der Waals surface area contributed by atoms with E-state index in [0.717, 1.165) is 31.2 Å². The second kappa shape index (κ2) is 17.8. The number of aliphatic hydroxyl groups excluding tert-OH is 1. The fraction of sp³-hybridized carbons (Fsp3) is 1.00. The van der Waals surface area contributed by atoms with Crippen molar-refractivity contribution in [3.63, 3.8) is 0 Å². The van der Waals surface area contributed by atoms with Crippen molar-refractivity contribution in [3.8, 4) is 0 Å². The van der Waals surface area contributed by atoms with Gasteiger partial charge in [0.2, 0.25) is 10.4 Å². The Morgan fingerprint density at radius 3 is 1.70 bits per heavy atom. The summed E-state index contributed by atoms with van der Waals surface area (Å²) in [7, 11) is 2.66. The zero-order valence-corrected chi connectivity index (χ0v) is 18.9. The van der Waals surface area contributed by atoms with Gasteiger partial charge in [-0.25, -0.2) is 8.42 Å². The van der Waals surface area contributed by atoms with Gasteiger partial charge in [0.05, 0.1) is 34.9 Å². The third-order valence-electron chi connectivity index (χ3n) is 3.92. The maximum Gasteiger partial charge on any atom is 0.217 e. The summed E-state index contributed by atoms with van der Waals surface area (Å²) < 4.78 is 37.4. The van der Waals surface area contributed by atoms with Crippen LogP contribution in [-0.2, 0) is 19.3 Å². The van der Waals surface area contributed by atoms with E-state index in [1.54, 1.807) is 0 Å². The third kappa shape index (κ3) is 30.7. The van der Waals surface area contributed by atoms with Gasteiger partial charge in [-0.3, -0.25) is 4.18 Å². The minimum absolute atomic E-state index is 0.340. The minimum atomic E-state index is -4.41. The predicted molar refractivity (Wildman–Crippen MR) is 108 cm³/mol. The molecular formula is C19H43NO6S. The molecule has 0 aromatic rings. The summed E-state index contributed by atoms with van der Waals surface area (Å²) in [5.41, 5.74) is 0. The maximum atomic E-state index is 9.81. The van der Waals surface area contributed by atoms with Crippen LogP contribution in [0.4, 0.5) is 0 Å². The maximum absolute atomic E-state index is 9.81. The monoisotopic (exact) mass is 413 g/mol. The molecule has 1 atom stereocenters. The number of unbranched alkanes of at least 4 members (excludes halogenated alkanes) is 9. The first-order chi connectivity index (χ1) is 12.5. The van der Waals surface area contributed by atoms with Crippen molar-refractivity contribution >= 4 is 10.4 Å². The average molecular weight is 414 g/mol. The normalized spacial score (nSPS) is 13.1. The summed E-state index contributed by atoms with van der Waals surface area (Å²) >= 11 is 0. The minimum Gasteiger partial charge on any atom is -0.726 e. The van der Waals surface area contributed by atoms with Crippen molar-refractivity contribution in [2.45, 2.75) is 77.2 Å². The van der Waals surface area contributed by atoms with E-state index in [0.29, 0.717) is 6.61 Å². The second-order valence-electron chi connectivity index (χ2n) is 7.96. The topological polar surface area (TPSA) is 95.9 Å². The van der Waals surface area contributed by atoms with Crippen LogP contribution in [-0.4, -0.2) is 76.7 Å². The molecule has 166 valence electrons. The van der Waals surface area contributed by atoms with Gasteiger partial charge < -0.3 is 18.9 Å². The molecule has 0 saturated heterocycles. The van der Waals surface area contributed by atoms with Crippen molar-refractivity contribution in [1.82, 2.24) is 0 Å². The summed E-state index contributed by atoms with van der Waals surface area (Å²) in [4.78, 5) is 0. The molecule has 27 heavy (non-hydrogen) atoms. The van der Waals surface area contributed by atoms with Crippen molar-refractivity contribution in [3.05, 3.63) is 0 Å². The van der Waals surface area contributed by atoms with Crippen LogP contribution >= 0.6 is 0 Å².